The van der Waals surface area contributed by atoms with Gasteiger partial charge in [0.15, 0.2) is 0 Å². The van der Waals surface area contributed by atoms with Gasteiger partial charge in [-0.1, -0.05) is 12.2 Å². The Hall–Kier alpha value is -0.380. The Balaban J connectivity index is 1.98. The van der Waals surface area contributed by atoms with E-state index in [1.807, 2.05) is 12.2 Å². The summed E-state index contributed by atoms with van der Waals surface area (Å²) in [5.74, 6) is 0.261. The largest absolute Gasteiger partial charge is 0.387 e. The molecule has 0 amide bonds. The summed E-state index contributed by atoms with van der Waals surface area (Å²) in [6.07, 6.45) is 9.10. The van der Waals surface area contributed by atoms with Crippen LogP contribution < -0.4 is 0 Å². The molecule has 2 aliphatic carbocycles. The van der Waals surface area contributed by atoms with Gasteiger partial charge in [0.2, 0.25) is 0 Å². The fourth-order valence-corrected chi connectivity index (χ4v) is 3.46. The number of nitrogens with zero attached hydrogens (tertiary/aromatic N) is 1. The van der Waals surface area contributed by atoms with Crippen molar-refractivity contribution in [3.63, 3.8) is 0 Å². The highest BCUT2D eigenvalue weighted by atomic mass is 16.4. The molecule has 0 heterocycles. The quantitative estimate of drug-likeness (QED) is 0.732. The first-order chi connectivity index (χ1) is 7.98. The van der Waals surface area contributed by atoms with Crippen molar-refractivity contribution in [1.29, 1.82) is 0 Å². The topological polar surface area (TPSA) is 43.7 Å². The van der Waals surface area contributed by atoms with Crippen LogP contribution in [0, 0.1) is 5.92 Å². The third-order valence-corrected chi connectivity index (χ3v) is 4.60. The molecular formula is C14H25NO2. The van der Waals surface area contributed by atoms with Crippen molar-refractivity contribution >= 4 is 0 Å². The van der Waals surface area contributed by atoms with Crippen LogP contribution in [0.3, 0.4) is 0 Å². The fourth-order valence-electron chi connectivity index (χ4n) is 3.46. The van der Waals surface area contributed by atoms with Crippen molar-refractivity contribution in [2.24, 2.45) is 5.92 Å². The molecule has 0 spiro atoms. The van der Waals surface area contributed by atoms with Crippen LogP contribution >= 0.6 is 0 Å². The maximum atomic E-state index is 10.8. The minimum absolute atomic E-state index is 0.261. The molecule has 0 aliphatic heterocycles. The zero-order valence-corrected chi connectivity index (χ0v) is 11.0. The maximum Gasteiger partial charge on any atom is 0.0998 e. The van der Waals surface area contributed by atoms with Gasteiger partial charge in [0.25, 0.3) is 0 Å². The molecule has 3 nitrogen and oxygen atoms in total. The minimum atomic E-state index is -0.867. The van der Waals surface area contributed by atoms with Gasteiger partial charge in [-0.3, -0.25) is 0 Å². The molecule has 0 aromatic carbocycles. The van der Waals surface area contributed by atoms with E-state index in [0.717, 1.165) is 32.2 Å². The molecule has 0 saturated heterocycles. The highest BCUT2D eigenvalue weighted by molar-refractivity contribution is 5.18. The third-order valence-electron chi connectivity index (χ3n) is 4.60. The average Bonchev–Trinajstić information content (AvgIpc) is 2.52. The van der Waals surface area contributed by atoms with Gasteiger partial charge in [0, 0.05) is 0 Å². The van der Waals surface area contributed by atoms with Crippen LogP contribution in [0.4, 0.5) is 0 Å². The molecular weight excluding hydrogens is 214 g/mol. The van der Waals surface area contributed by atoms with Crippen LogP contribution in [0.2, 0.25) is 0 Å². The van der Waals surface area contributed by atoms with Crippen molar-refractivity contribution in [1.82, 2.24) is 4.90 Å². The molecule has 98 valence electrons. The second-order valence-corrected chi connectivity index (χ2v) is 6.02. The standard InChI is InChI=1S/C14H25NO2/c1-15(2)11-5-6-12-7-10-13(16)8-3-4-9-14(12,13)17/h3-4,12,16-17H,5-11H2,1-2H3/t12-,13-,14?/m0/s1. The average molecular weight is 239 g/mol. The second kappa shape index (κ2) is 4.71. The van der Waals surface area contributed by atoms with E-state index in [-0.39, 0.29) is 5.92 Å². The predicted octanol–water partition coefficient (Wildman–Crippen LogP) is 1.55. The summed E-state index contributed by atoms with van der Waals surface area (Å²) in [7, 11) is 4.14. The minimum Gasteiger partial charge on any atom is -0.387 e. The third kappa shape index (κ3) is 2.28. The summed E-state index contributed by atoms with van der Waals surface area (Å²) in [6.45, 7) is 1.06. The summed E-state index contributed by atoms with van der Waals surface area (Å²) in [4.78, 5) is 2.17. The molecule has 3 atom stereocenters. The molecule has 0 aromatic heterocycles. The molecule has 3 heteroatoms. The Bertz CT molecular complexity index is 303. The fraction of sp³-hybridized carbons (Fsp3) is 0.857. The van der Waals surface area contributed by atoms with Gasteiger partial charge >= 0.3 is 0 Å². The summed E-state index contributed by atoms with van der Waals surface area (Å²) < 4.78 is 0. The lowest BCUT2D eigenvalue weighted by molar-refractivity contribution is -0.152. The zero-order valence-electron chi connectivity index (χ0n) is 11.0. The van der Waals surface area contributed by atoms with Gasteiger partial charge < -0.3 is 15.1 Å². The normalized spacial score (nSPS) is 40.9. The van der Waals surface area contributed by atoms with Crippen LogP contribution in [0.1, 0.15) is 38.5 Å². The van der Waals surface area contributed by atoms with Gasteiger partial charge in [0.05, 0.1) is 11.2 Å². The molecule has 1 fully saturated rings. The van der Waals surface area contributed by atoms with Crippen molar-refractivity contribution in [3.05, 3.63) is 12.2 Å². The first-order valence-electron chi connectivity index (χ1n) is 6.72. The maximum absolute atomic E-state index is 10.8. The Kier molecular flexibility index (Phi) is 3.62. The first-order valence-corrected chi connectivity index (χ1v) is 6.72. The van der Waals surface area contributed by atoms with Crippen LogP contribution in [0.25, 0.3) is 0 Å². The summed E-state index contributed by atoms with van der Waals surface area (Å²) in [5, 5.41) is 21.3. The van der Waals surface area contributed by atoms with Crippen molar-refractivity contribution < 1.29 is 10.2 Å². The molecule has 2 N–H and O–H groups in total. The first kappa shape index (κ1) is 13.1. The van der Waals surface area contributed by atoms with Gasteiger partial charge in [0.1, 0.15) is 0 Å². The summed E-state index contributed by atoms with van der Waals surface area (Å²) in [5.41, 5.74) is -1.72. The van der Waals surface area contributed by atoms with E-state index in [0.29, 0.717) is 12.8 Å². The second-order valence-electron chi connectivity index (χ2n) is 6.02. The Morgan fingerprint density at radius 3 is 2.65 bits per heavy atom. The van der Waals surface area contributed by atoms with E-state index in [1.54, 1.807) is 0 Å². The number of aliphatic hydroxyl groups is 2. The Morgan fingerprint density at radius 2 is 1.94 bits per heavy atom. The van der Waals surface area contributed by atoms with Crippen LogP contribution in [-0.4, -0.2) is 47.0 Å². The van der Waals surface area contributed by atoms with Gasteiger partial charge in [-0.15, -0.1) is 0 Å². The lowest BCUT2D eigenvalue weighted by Crippen LogP contribution is -2.54. The molecule has 0 bridgehead atoms. The van der Waals surface area contributed by atoms with E-state index in [2.05, 4.69) is 19.0 Å². The van der Waals surface area contributed by atoms with E-state index in [9.17, 15) is 10.2 Å². The van der Waals surface area contributed by atoms with Crippen LogP contribution in [-0.2, 0) is 0 Å². The Morgan fingerprint density at radius 1 is 1.24 bits per heavy atom. The van der Waals surface area contributed by atoms with Gasteiger partial charge in [-0.2, -0.15) is 0 Å². The predicted molar refractivity (Wildman–Crippen MR) is 68.8 cm³/mol. The van der Waals surface area contributed by atoms with Crippen molar-refractivity contribution in [3.8, 4) is 0 Å². The number of rotatable bonds is 4. The van der Waals surface area contributed by atoms with E-state index < -0.39 is 11.2 Å². The summed E-state index contributed by atoms with van der Waals surface area (Å²) in [6, 6.07) is 0. The molecule has 17 heavy (non-hydrogen) atoms. The highest BCUT2D eigenvalue weighted by Crippen LogP contribution is 2.51. The van der Waals surface area contributed by atoms with Gasteiger partial charge in [-0.25, -0.2) is 0 Å². The summed E-state index contributed by atoms with van der Waals surface area (Å²) >= 11 is 0. The zero-order chi connectivity index (χ0) is 12.5. The molecule has 2 aliphatic rings. The Labute approximate surface area is 104 Å². The van der Waals surface area contributed by atoms with Gasteiger partial charge in [-0.05, 0) is 65.1 Å². The van der Waals surface area contributed by atoms with E-state index >= 15 is 0 Å². The molecule has 2 rings (SSSR count). The molecule has 1 unspecified atom stereocenters. The highest BCUT2D eigenvalue weighted by Gasteiger charge is 2.57. The number of hydrogen-bond acceptors (Lipinski definition) is 3. The smallest absolute Gasteiger partial charge is 0.0998 e. The molecule has 1 saturated carbocycles. The van der Waals surface area contributed by atoms with Crippen molar-refractivity contribution in [2.45, 2.75) is 49.7 Å². The lowest BCUT2D eigenvalue weighted by Gasteiger charge is -2.43. The lowest BCUT2D eigenvalue weighted by atomic mass is 9.72. The number of hydrogen-bond donors (Lipinski definition) is 2. The van der Waals surface area contributed by atoms with Crippen LogP contribution in [0.5, 0.6) is 0 Å². The van der Waals surface area contributed by atoms with E-state index in [4.69, 9.17) is 0 Å². The van der Waals surface area contributed by atoms with Crippen molar-refractivity contribution in [2.75, 3.05) is 20.6 Å². The molecule has 0 radical (unpaired) electrons. The monoisotopic (exact) mass is 239 g/mol. The van der Waals surface area contributed by atoms with E-state index in [1.165, 1.54) is 0 Å². The van der Waals surface area contributed by atoms with Crippen LogP contribution in [0.15, 0.2) is 12.2 Å². The molecule has 0 aromatic rings. The number of fused-ring (bicyclic) bond motifs is 1. The SMILES string of the molecule is CN(C)CCC[C@H]1CC[C@@]2(O)CC=CCC12O.